The van der Waals surface area contributed by atoms with Crippen LogP contribution < -0.4 is 0 Å². The Morgan fingerprint density at radius 3 is 0.808 bits per heavy atom. The minimum absolute atomic E-state index is 0.0606. The lowest BCUT2D eigenvalue weighted by Gasteiger charge is -2.21. The van der Waals surface area contributed by atoms with E-state index in [1.165, 1.54) is 38.5 Å². The van der Waals surface area contributed by atoms with Gasteiger partial charge in [0.05, 0.1) is 26.4 Å². The van der Waals surface area contributed by atoms with Crippen molar-refractivity contribution in [3.63, 3.8) is 0 Å². The van der Waals surface area contributed by atoms with Crippen LogP contribution in [0.2, 0.25) is 0 Å². The smallest absolute Gasteiger partial charge is 0.462 e. The van der Waals surface area contributed by atoms with E-state index in [-0.39, 0.29) is 25.7 Å². The molecule has 17 nitrogen and oxygen atoms in total. The first-order valence-electron chi connectivity index (χ1n) is 39.7. The van der Waals surface area contributed by atoms with Gasteiger partial charge in [0.2, 0.25) is 0 Å². The van der Waals surface area contributed by atoms with Crippen LogP contribution in [0.3, 0.4) is 0 Å². The normalized spacial score (nSPS) is 14.7. The molecule has 0 aliphatic heterocycles. The second kappa shape index (κ2) is 75.9. The third kappa shape index (κ3) is 74.9. The summed E-state index contributed by atoms with van der Waals surface area (Å²) in [4.78, 5) is 73.0. The minimum Gasteiger partial charge on any atom is -0.462 e. The lowest BCUT2D eigenvalue weighted by molar-refractivity contribution is -0.161. The van der Waals surface area contributed by atoms with Crippen molar-refractivity contribution in [3.05, 3.63) is 158 Å². The van der Waals surface area contributed by atoms with E-state index < -0.39 is 97.5 Å². The largest absolute Gasteiger partial charge is 0.472 e. The van der Waals surface area contributed by atoms with Crippen molar-refractivity contribution in [2.24, 2.45) is 0 Å². The summed E-state index contributed by atoms with van der Waals surface area (Å²) in [7, 11) is -10.00. The maximum Gasteiger partial charge on any atom is 0.472 e. The summed E-state index contributed by atoms with van der Waals surface area (Å²) >= 11 is 0. The topological polar surface area (TPSA) is 237 Å². The first kappa shape index (κ1) is 98.7. The van der Waals surface area contributed by atoms with Crippen molar-refractivity contribution in [1.82, 2.24) is 0 Å². The van der Waals surface area contributed by atoms with Crippen LogP contribution in [0, 0.1) is 0 Å². The van der Waals surface area contributed by atoms with Gasteiger partial charge in [-0.25, -0.2) is 9.13 Å². The fraction of sp³-hybridized carbons (Fsp3) is 0.647. The molecule has 0 spiro atoms. The molecule has 0 rings (SSSR count). The molecule has 0 bridgehead atoms. The number of aliphatic hydroxyl groups excluding tert-OH is 1. The summed E-state index contributed by atoms with van der Waals surface area (Å²) in [6, 6.07) is 0. The molecule has 104 heavy (non-hydrogen) atoms. The molecular formula is C85H140O17P2. The highest BCUT2D eigenvalue weighted by molar-refractivity contribution is 7.47. The minimum atomic E-state index is -5.00. The molecule has 19 heteroatoms. The van der Waals surface area contributed by atoms with Crippen LogP contribution in [0.5, 0.6) is 0 Å². The molecule has 0 saturated carbocycles. The number of aliphatic hydroxyl groups is 1. The Balaban J connectivity index is 5.45. The fourth-order valence-electron chi connectivity index (χ4n) is 10.0. The Morgan fingerprint density at radius 2 is 0.500 bits per heavy atom. The lowest BCUT2D eigenvalue weighted by Crippen LogP contribution is -2.30. The number of phosphoric ester groups is 2. The molecular weight excluding hydrogens is 1350 g/mol. The third-order valence-corrected chi connectivity index (χ3v) is 17.9. The van der Waals surface area contributed by atoms with E-state index in [0.717, 1.165) is 180 Å². The van der Waals surface area contributed by atoms with Gasteiger partial charge in [0, 0.05) is 25.7 Å². The molecule has 0 fully saturated rings. The second-order valence-electron chi connectivity index (χ2n) is 25.9. The van der Waals surface area contributed by atoms with Crippen molar-refractivity contribution in [2.45, 2.75) is 316 Å². The Kier molecular flexibility index (Phi) is 72.0. The highest BCUT2D eigenvalue weighted by Crippen LogP contribution is 2.45. The van der Waals surface area contributed by atoms with E-state index >= 15 is 0 Å². The number of phosphoric acid groups is 2. The van der Waals surface area contributed by atoms with Crippen LogP contribution >= 0.6 is 15.6 Å². The molecule has 0 aromatic heterocycles. The fourth-order valence-corrected chi connectivity index (χ4v) is 11.6. The van der Waals surface area contributed by atoms with Crippen molar-refractivity contribution >= 4 is 39.5 Å². The Labute approximate surface area is 629 Å². The van der Waals surface area contributed by atoms with Crippen LogP contribution in [0.25, 0.3) is 0 Å². The molecule has 0 aliphatic rings. The summed E-state index contributed by atoms with van der Waals surface area (Å²) in [5.41, 5.74) is 0. The number of unbranched alkanes of at least 4 members (excludes halogenated alkanes) is 21. The average Bonchev–Trinajstić information content (AvgIpc) is 0.918. The predicted molar refractivity (Wildman–Crippen MR) is 427 cm³/mol. The number of ether oxygens (including phenoxy) is 4. The van der Waals surface area contributed by atoms with Crippen LogP contribution in [-0.4, -0.2) is 96.7 Å². The van der Waals surface area contributed by atoms with E-state index in [2.05, 4.69) is 186 Å². The summed E-state index contributed by atoms with van der Waals surface area (Å²) in [5.74, 6) is -2.29. The quantitative estimate of drug-likeness (QED) is 0.0169. The van der Waals surface area contributed by atoms with E-state index in [0.29, 0.717) is 25.7 Å². The van der Waals surface area contributed by atoms with E-state index in [1.54, 1.807) is 0 Å². The van der Waals surface area contributed by atoms with Gasteiger partial charge < -0.3 is 33.8 Å². The van der Waals surface area contributed by atoms with Crippen molar-refractivity contribution in [1.29, 1.82) is 0 Å². The molecule has 0 aliphatic carbocycles. The maximum absolute atomic E-state index is 13.1. The average molecular weight is 1500 g/mol. The van der Waals surface area contributed by atoms with Gasteiger partial charge in [-0.3, -0.25) is 37.3 Å². The predicted octanol–water partition coefficient (Wildman–Crippen LogP) is 23.2. The maximum atomic E-state index is 13.1. The van der Waals surface area contributed by atoms with Crippen molar-refractivity contribution < 1.29 is 80.2 Å². The zero-order valence-corrected chi connectivity index (χ0v) is 66.4. The van der Waals surface area contributed by atoms with Gasteiger partial charge in [0.15, 0.2) is 12.2 Å². The molecule has 0 heterocycles. The van der Waals surface area contributed by atoms with Crippen molar-refractivity contribution in [2.75, 3.05) is 39.6 Å². The molecule has 0 aromatic rings. The standard InChI is InChI=1S/C85H140O17P2/c1-5-9-13-17-21-25-29-33-37-38-39-40-44-46-50-54-58-62-66-70-83(88)96-76-81(102-85(90)72-68-64-60-56-52-48-43-36-32-28-24-20-16-12-8-4)78-100-104(93,94)98-74-79(86)73-97-103(91,92)99-77-80(101-84(89)71-67-63-59-55-51-47-42-35-31-27-23-19-15-11-7-3)75-95-82(87)69-65-61-57-53-49-45-41-34-30-26-22-18-14-10-6-2/h9-11,13-15,21-23,25-27,33-37,39-43,46,49-50,53,79-81,86H,5-8,12,16-20,24,28-32,38,44-45,47-48,51-52,54-78H2,1-4H3,(H,91,92)(H,93,94)/b13-9-,14-10-,15-11-,25-21-,26-22-,27-23-,37-33-,40-39-,41-34-,42-35-,43-36-,50-46-,53-49-. The Bertz CT molecular complexity index is 2590. The monoisotopic (exact) mass is 1490 g/mol. The summed E-state index contributed by atoms with van der Waals surface area (Å²) in [6.45, 7) is 4.41. The van der Waals surface area contributed by atoms with Crippen LogP contribution in [0.15, 0.2) is 158 Å². The number of hydrogen-bond acceptors (Lipinski definition) is 15. The molecule has 3 N–H and O–H groups in total. The number of carbonyl (C=O) groups is 4. The van der Waals surface area contributed by atoms with Gasteiger partial charge in [-0.15, -0.1) is 0 Å². The zero-order valence-electron chi connectivity index (χ0n) is 64.6. The first-order valence-corrected chi connectivity index (χ1v) is 42.7. The molecule has 5 atom stereocenters. The molecule has 592 valence electrons. The number of esters is 4. The summed E-state index contributed by atoms with van der Waals surface area (Å²) in [5, 5.41) is 10.6. The van der Waals surface area contributed by atoms with Gasteiger partial charge in [-0.2, -0.15) is 0 Å². The summed E-state index contributed by atoms with van der Waals surface area (Å²) in [6.07, 6.45) is 88.0. The number of rotatable bonds is 73. The Hall–Kier alpha value is -5.32. The van der Waals surface area contributed by atoms with Gasteiger partial charge >= 0.3 is 39.5 Å². The summed E-state index contributed by atoms with van der Waals surface area (Å²) < 4.78 is 68.5. The number of carbonyl (C=O) groups excluding carboxylic acids is 4. The van der Waals surface area contributed by atoms with E-state index in [4.69, 9.17) is 37.0 Å². The molecule has 0 aromatic carbocycles. The Morgan fingerprint density at radius 1 is 0.279 bits per heavy atom. The van der Waals surface area contributed by atoms with Gasteiger partial charge in [0.1, 0.15) is 19.3 Å². The first-order chi connectivity index (χ1) is 50.7. The van der Waals surface area contributed by atoms with Crippen molar-refractivity contribution in [3.8, 4) is 0 Å². The van der Waals surface area contributed by atoms with Crippen LogP contribution in [-0.2, 0) is 65.4 Å². The second-order valence-corrected chi connectivity index (χ2v) is 28.8. The molecule has 5 unspecified atom stereocenters. The zero-order chi connectivity index (χ0) is 76.0. The van der Waals surface area contributed by atoms with Crippen LogP contribution in [0.1, 0.15) is 297 Å². The van der Waals surface area contributed by atoms with Gasteiger partial charge in [0.25, 0.3) is 0 Å². The number of allylic oxidation sites excluding steroid dienone is 26. The highest BCUT2D eigenvalue weighted by Gasteiger charge is 2.30. The van der Waals surface area contributed by atoms with E-state index in [9.17, 15) is 43.2 Å². The molecule has 0 radical (unpaired) electrons. The lowest BCUT2D eigenvalue weighted by atomic mass is 10.1. The van der Waals surface area contributed by atoms with E-state index in [1.807, 2.05) is 0 Å². The molecule has 0 amide bonds. The highest BCUT2D eigenvalue weighted by atomic mass is 31.2. The number of hydrogen-bond donors (Lipinski definition) is 3. The SMILES string of the molecule is CC/C=C\C/C=C\C/C=C\C/C=C\C/C=C\CCCCCC(=O)OCC(COP(=O)(O)OCC(O)COP(=O)(O)OCC(COC(=O)CCCC/C=C\C/C=C\C/C=C\C/C=C\CC)OC(=O)CCCCCCC/C=C\C/C=C\C/C=C\CC)OC(=O)CCCCCCC/C=C\CCCCCCCC. The molecule has 0 saturated heterocycles. The van der Waals surface area contributed by atoms with Gasteiger partial charge in [-0.1, -0.05) is 263 Å². The third-order valence-electron chi connectivity index (χ3n) is 16.0. The van der Waals surface area contributed by atoms with Gasteiger partial charge in [-0.05, 0) is 167 Å². The van der Waals surface area contributed by atoms with Crippen LogP contribution in [0.4, 0.5) is 0 Å².